The lowest BCUT2D eigenvalue weighted by atomic mass is 9.83. The third-order valence-corrected chi connectivity index (χ3v) is 11.5. The number of aryl methyl sites for hydroxylation is 2. The van der Waals surface area contributed by atoms with Crippen molar-refractivity contribution in [2.45, 2.75) is 102 Å². The van der Waals surface area contributed by atoms with Gasteiger partial charge in [0.2, 0.25) is 0 Å². The molecule has 4 heterocycles. The van der Waals surface area contributed by atoms with Gasteiger partial charge in [-0.3, -0.25) is 4.79 Å². The van der Waals surface area contributed by atoms with Gasteiger partial charge >= 0.3 is 17.6 Å². The molecule has 0 radical (unpaired) electrons. The summed E-state index contributed by atoms with van der Waals surface area (Å²) in [6.07, 6.45) is 2.04. The Hall–Kier alpha value is -5.17. The van der Waals surface area contributed by atoms with E-state index in [0.29, 0.717) is 59.9 Å². The highest BCUT2D eigenvalue weighted by Crippen LogP contribution is 2.48. The van der Waals surface area contributed by atoms with Crippen LogP contribution in [0.2, 0.25) is 0 Å². The summed E-state index contributed by atoms with van der Waals surface area (Å²) in [5.74, 6) is 5.62. The van der Waals surface area contributed by atoms with Gasteiger partial charge in [-0.2, -0.15) is 0 Å². The van der Waals surface area contributed by atoms with Gasteiger partial charge in [-0.1, -0.05) is 65.9 Å². The molecule has 3 aliphatic heterocycles. The van der Waals surface area contributed by atoms with Crippen LogP contribution in [0.1, 0.15) is 98.3 Å². The summed E-state index contributed by atoms with van der Waals surface area (Å²) in [6, 6.07) is 22.0. The Bertz CT molecular complexity index is 2250. The minimum atomic E-state index is -1.25. The number of benzene rings is 3. The van der Waals surface area contributed by atoms with Gasteiger partial charge in [0.25, 0.3) is 0 Å². The zero-order valence-electron chi connectivity index (χ0n) is 32.7. The van der Waals surface area contributed by atoms with E-state index in [9.17, 15) is 19.5 Å². The quantitative estimate of drug-likeness (QED) is 0.0836. The molecule has 0 unspecified atom stereocenters. The third-order valence-electron chi connectivity index (χ3n) is 11.5. The van der Waals surface area contributed by atoms with E-state index in [1.165, 1.54) is 5.56 Å². The monoisotopic (exact) mass is 758 g/mol. The molecule has 0 spiro atoms. The highest BCUT2D eigenvalue weighted by atomic mass is 16.6. The van der Waals surface area contributed by atoms with Gasteiger partial charge in [-0.25, -0.2) is 9.59 Å². The molecule has 9 heteroatoms. The lowest BCUT2D eigenvalue weighted by molar-refractivity contribution is -0.190. The summed E-state index contributed by atoms with van der Waals surface area (Å²) in [7, 11) is 1.54. The first-order chi connectivity index (χ1) is 27.1. The molecule has 5 bridgehead atoms. The van der Waals surface area contributed by atoms with Crippen LogP contribution in [-0.2, 0) is 49.5 Å². The fourth-order valence-electron chi connectivity index (χ4n) is 8.39. The molecule has 0 saturated heterocycles. The number of rotatable bonds is 8. The zero-order valence-corrected chi connectivity index (χ0v) is 32.7. The maximum absolute atomic E-state index is 14.5. The van der Waals surface area contributed by atoms with Crippen LogP contribution < -0.4 is 10.4 Å². The lowest BCUT2D eigenvalue weighted by Crippen LogP contribution is -2.54. The van der Waals surface area contributed by atoms with Crippen molar-refractivity contribution < 1.29 is 38.1 Å². The lowest BCUT2D eigenvalue weighted by Gasteiger charge is -2.44. The highest BCUT2D eigenvalue weighted by Gasteiger charge is 2.53. The molecule has 1 aromatic heterocycles. The third kappa shape index (κ3) is 8.33. The topological polar surface area (TPSA) is 122 Å². The molecule has 0 fully saturated rings. The van der Waals surface area contributed by atoms with Crippen LogP contribution in [0.25, 0.3) is 11.0 Å². The molecule has 0 amide bonds. The Morgan fingerprint density at radius 3 is 2.55 bits per heavy atom. The van der Waals surface area contributed by atoms with Gasteiger partial charge in [0, 0.05) is 49.0 Å². The largest absolute Gasteiger partial charge is 0.482 e. The molecule has 9 nitrogen and oxygen atoms in total. The van der Waals surface area contributed by atoms with Crippen LogP contribution in [0.5, 0.6) is 5.75 Å². The number of allylic oxidation sites excluding steroid dienone is 1. The molecule has 292 valence electrons. The van der Waals surface area contributed by atoms with Crippen molar-refractivity contribution in [2.24, 2.45) is 5.92 Å². The molecule has 4 aromatic rings. The predicted octanol–water partition coefficient (Wildman–Crippen LogP) is 7.67. The second kappa shape index (κ2) is 16.9. The SMILES string of the molecule is COC[C@@H](CCO)c1cc2ccc3c(c2oc1=O)[C@H]1OC(=O)C[C@@H](CCc2ccccc2)Cc2ccc4cc2CC#CC[C@@](C)(O3)[C@H]1OC(=O)C(=C(C)C)CC4. The average molecular weight is 759 g/mol. The first-order valence-corrected chi connectivity index (χ1v) is 19.6. The van der Waals surface area contributed by atoms with Crippen molar-refractivity contribution >= 4 is 22.9 Å². The van der Waals surface area contributed by atoms with E-state index in [-0.39, 0.29) is 37.6 Å². The molecular weight excluding hydrogens is 709 g/mol. The molecule has 1 N–H and O–H groups in total. The molecule has 0 aliphatic carbocycles. The number of carbonyl (C=O) groups excluding carboxylic acids is 2. The van der Waals surface area contributed by atoms with E-state index in [1.807, 2.05) is 39.0 Å². The number of methoxy groups -OCH3 is 1. The number of hydrogen-bond acceptors (Lipinski definition) is 9. The van der Waals surface area contributed by atoms with Crippen molar-refractivity contribution in [1.82, 2.24) is 0 Å². The normalized spacial score (nSPS) is 22.7. The Morgan fingerprint density at radius 2 is 1.79 bits per heavy atom. The van der Waals surface area contributed by atoms with Gasteiger partial charge in [-0.05, 0) is 106 Å². The van der Waals surface area contributed by atoms with Crippen molar-refractivity contribution in [3.05, 3.63) is 122 Å². The molecule has 5 atom stereocenters. The van der Waals surface area contributed by atoms with Gasteiger partial charge in [0.15, 0.2) is 17.8 Å². The van der Waals surface area contributed by atoms with Crippen molar-refractivity contribution in [2.75, 3.05) is 20.3 Å². The average Bonchev–Trinajstić information content (AvgIpc) is 3.17. The summed E-state index contributed by atoms with van der Waals surface area (Å²) >= 11 is 0. The fraction of sp³-hybridized carbons (Fsp3) is 0.426. The standard InChI is InChI=1S/C47H50O9/c1-29(2)37-19-16-31-15-17-34-25-32(14-13-30-10-6-5-7-11-30)26-40(49)53-43-41-39(56-47(3,44(43)55-45(37)50)22-9-8-12-33(34)24-31)20-18-35-27-38(46(51)54-42(35)41)36(21-23-48)28-52-4/h5-7,10-11,15,17-18,20,24,27,32,36,43-44,48H,12-14,16,19,21-23,25-26,28H2,1-4H3/t32-,36+,43+,44-,47+/m0/s1. The molecule has 0 saturated carbocycles. The number of carbonyl (C=O) groups is 2. The molecule has 3 aliphatic rings. The van der Waals surface area contributed by atoms with E-state index in [0.717, 1.165) is 35.1 Å². The van der Waals surface area contributed by atoms with E-state index in [2.05, 4.69) is 42.2 Å². The minimum absolute atomic E-state index is 0.0719. The number of aliphatic hydroxyl groups excluding tert-OH is 1. The Kier molecular flexibility index (Phi) is 11.8. The van der Waals surface area contributed by atoms with Crippen molar-refractivity contribution in [3.8, 4) is 17.6 Å². The summed E-state index contributed by atoms with van der Waals surface area (Å²) in [6.45, 7) is 5.69. The number of esters is 2. The van der Waals surface area contributed by atoms with E-state index >= 15 is 0 Å². The first kappa shape index (κ1) is 39.1. The summed E-state index contributed by atoms with van der Waals surface area (Å²) in [5.41, 5.74) is 4.90. The second-order valence-corrected chi connectivity index (χ2v) is 15.8. The van der Waals surface area contributed by atoms with Gasteiger partial charge in [0.05, 0.1) is 18.6 Å². The van der Waals surface area contributed by atoms with Crippen molar-refractivity contribution in [3.63, 3.8) is 0 Å². The number of fused-ring (bicyclic) bond motifs is 7. The molecule has 7 rings (SSSR count). The van der Waals surface area contributed by atoms with Crippen molar-refractivity contribution in [1.29, 1.82) is 0 Å². The van der Waals surface area contributed by atoms with Gasteiger partial charge < -0.3 is 28.5 Å². The zero-order chi connectivity index (χ0) is 39.4. The van der Waals surface area contributed by atoms with E-state index in [4.69, 9.17) is 23.4 Å². The Balaban J connectivity index is 1.40. The van der Waals surface area contributed by atoms with E-state index in [1.54, 1.807) is 25.3 Å². The van der Waals surface area contributed by atoms with Gasteiger partial charge in [0.1, 0.15) is 11.3 Å². The van der Waals surface area contributed by atoms with Crippen LogP contribution in [-0.4, -0.2) is 49.1 Å². The molecular formula is C47H50O9. The van der Waals surface area contributed by atoms with Crippen LogP contribution in [0.4, 0.5) is 0 Å². The summed E-state index contributed by atoms with van der Waals surface area (Å²) in [5, 5.41) is 10.3. The smallest absolute Gasteiger partial charge is 0.339 e. The number of ether oxygens (including phenoxy) is 4. The summed E-state index contributed by atoms with van der Waals surface area (Å²) < 4.78 is 31.3. The Labute approximate surface area is 328 Å². The second-order valence-electron chi connectivity index (χ2n) is 15.8. The Morgan fingerprint density at radius 1 is 0.964 bits per heavy atom. The first-order valence-electron chi connectivity index (χ1n) is 19.6. The van der Waals surface area contributed by atoms with Crippen LogP contribution in [0.3, 0.4) is 0 Å². The predicted molar refractivity (Wildman–Crippen MR) is 212 cm³/mol. The molecule has 56 heavy (non-hydrogen) atoms. The minimum Gasteiger partial charge on any atom is -0.482 e. The maximum atomic E-state index is 14.5. The number of hydrogen-bond donors (Lipinski definition) is 1. The maximum Gasteiger partial charge on any atom is 0.339 e. The fourth-order valence-corrected chi connectivity index (χ4v) is 8.39. The summed E-state index contributed by atoms with van der Waals surface area (Å²) in [4.78, 5) is 42.5. The molecule has 3 aromatic carbocycles. The highest BCUT2D eigenvalue weighted by molar-refractivity contribution is 5.90. The number of aliphatic hydroxyl groups is 1. The van der Waals surface area contributed by atoms with Crippen LogP contribution in [0.15, 0.2) is 87.1 Å². The van der Waals surface area contributed by atoms with E-state index < -0.39 is 41.3 Å². The van der Waals surface area contributed by atoms with Crippen LogP contribution in [0, 0.1) is 17.8 Å². The van der Waals surface area contributed by atoms with Crippen LogP contribution >= 0.6 is 0 Å². The van der Waals surface area contributed by atoms with Gasteiger partial charge in [-0.15, -0.1) is 0 Å².